The van der Waals surface area contributed by atoms with Gasteiger partial charge < -0.3 is 10.1 Å². The van der Waals surface area contributed by atoms with Gasteiger partial charge in [-0.1, -0.05) is 30.9 Å². The predicted octanol–water partition coefficient (Wildman–Crippen LogP) is 4.41. The van der Waals surface area contributed by atoms with Gasteiger partial charge in [-0.3, -0.25) is 4.79 Å². The van der Waals surface area contributed by atoms with Crippen LogP contribution in [-0.4, -0.2) is 12.5 Å². The van der Waals surface area contributed by atoms with E-state index in [1.54, 1.807) is 36.4 Å². The number of nitrogens with one attached hydrogen (secondary N) is 1. The fraction of sp³-hybridized carbons (Fsp3) is 0.143. The molecule has 2 rings (SSSR count). The van der Waals surface area contributed by atoms with Crippen LogP contribution in [0.15, 0.2) is 60.7 Å². The van der Waals surface area contributed by atoms with Crippen LogP contribution < -0.4 is 10.1 Å². The van der Waals surface area contributed by atoms with Crippen LogP contribution in [0.2, 0.25) is 0 Å². The van der Waals surface area contributed by atoms with E-state index in [-0.39, 0.29) is 5.57 Å². The van der Waals surface area contributed by atoms with Gasteiger partial charge in [0.05, 0.1) is 0 Å². The third-order valence-electron chi connectivity index (χ3n) is 3.69. The lowest BCUT2D eigenvalue weighted by Gasteiger charge is -2.07. The van der Waals surface area contributed by atoms with Crippen LogP contribution in [0, 0.1) is 25.2 Å². The van der Waals surface area contributed by atoms with E-state index >= 15 is 0 Å². The zero-order valence-electron chi connectivity index (χ0n) is 14.4. The molecule has 2 aromatic carbocycles. The summed E-state index contributed by atoms with van der Waals surface area (Å²) < 4.78 is 5.41. The molecule has 1 amide bonds. The first-order valence-corrected chi connectivity index (χ1v) is 7.87. The van der Waals surface area contributed by atoms with E-state index in [4.69, 9.17) is 4.74 Å². The zero-order valence-corrected chi connectivity index (χ0v) is 14.4. The third kappa shape index (κ3) is 5.08. The molecule has 0 fully saturated rings. The first-order chi connectivity index (χ1) is 12.0. The Labute approximate surface area is 148 Å². The van der Waals surface area contributed by atoms with Gasteiger partial charge in [0.15, 0.2) is 0 Å². The lowest BCUT2D eigenvalue weighted by Crippen LogP contribution is -2.13. The minimum absolute atomic E-state index is 0.0398. The van der Waals surface area contributed by atoms with Gasteiger partial charge in [-0.2, -0.15) is 5.26 Å². The second-order valence-corrected chi connectivity index (χ2v) is 5.59. The molecule has 0 aliphatic heterocycles. The number of carbonyl (C=O) groups excluding carboxylic acids is 1. The van der Waals surface area contributed by atoms with Gasteiger partial charge in [-0.25, -0.2) is 0 Å². The lowest BCUT2D eigenvalue weighted by molar-refractivity contribution is -0.112. The Bertz CT molecular complexity index is 843. The fourth-order valence-electron chi connectivity index (χ4n) is 2.15. The number of hydrogen-bond donors (Lipinski definition) is 1. The number of rotatable bonds is 6. The van der Waals surface area contributed by atoms with Gasteiger partial charge in [0.2, 0.25) is 0 Å². The van der Waals surface area contributed by atoms with Gasteiger partial charge in [0, 0.05) is 5.69 Å². The van der Waals surface area contributed by atoms with E-state index in [2.05, 4.69) is 11.9 Å². The molecular weight excluding hydrogens is 312 g/mol. The van der Waals surface area contributed by atoms with E-state index in [9.17, 15) is 10.1 Å². The molecule has 0 heterocycles. The van der Waals surface area contributed by atoms with Crippen molar-refractivity contribution in [2.24, 2.45) is 0 Å². The molecule has 0 bridgehead atoms. The maximum atomic E-state index is 12.3. The number of anilines is 1. The van der Waals surface area contributed by atoms with Crippen molar-refractivity contribution in [3.63, 3.8) is 0 Å². The highest BCUT2D eigenvalue weighted by Gasteiger charge is 2.10. The monoisotopic (exact) mass is 332 g/mol. The van der Waals surface area contributed by atoms with E-state index in [0.29, 0.717) is 18.0 Å². The van der Waals surface area contributed by atoms with Crippen molar-refractivity contribution in [2.75, 3.05) is 11.9 Å². The van der Waals surface area contributed by atoms with Gasteiger partial charge in [0.1, 0.15) is 24.0 Å². The number of aryl methyl sites for hydroxylation is 2. The van der Waals surface area contributed by atoms with Crippen molar-refractivity contribution in [2.45, 2.75) is 13.8 Å². The van der Waals surface area contributed by atoms with Gasteiger partial charge >= 0.3 is 0 Å². The van der Waals surface area contributed by atoms with Crippen LogP contribution in [0.3, 0.4) is 0 Å². The second-order valence-electron chi connectivity index (χ2n) is 5.59. The van der Waals surface area contributed by atoms with E-state index < -0.39 is 5.91 Å². The SMILES string of the molecule is C=CCOc1ccc(/C=C(\C#N)C(=O)Nc2ccc(C)c(C)c2)cc1. The van der Waals surface area contributed by atoms with Crippen LogP contribution in [0.25, 0.3) is 6.08 Å². The molecule has 0 radical (unpaired) electrons. The number of nitrogens with zero attached hydrogens (tertiary/aromatic N) is 1. The maximum absolute atomic E-state index is 12.3. The molecule has 0 aliphatic carbocycles. The number of amides is 1. The van der Waals surface area contributed by atoms with Crippen LogP contribution in [0.4, 0.5) is 5.69 Å². The van der Waals surface area contributed by atoms with Crippen molar-refractivity contribution in [1.82, 2.24) is 0 Å². The molecule has 4 nitrogen and oxygen atoms in total. The molecule has 1 N–H and O–H groups in total. The number of benzene rings is 2. The molecule has 0 aromatic heterocycles. The largest absolute Gasteiger partial charge is 0.490 e. The predicted molar refractivity (Wildman–Crippen MR) is 100 cm³/mol. The van der Waals surface area contributed by atoms with Crippen LogP contribution >= 0.6 is 0 Å². The molecule has 0 atom stereocenters. The zero-order chi connectivity index (χ0) is 18.2. The Morgan fingerprint density at radius 3 is 2.52 bits per heavy atom. The Hall–Kier alpha value is -3.32. The van der Waals surface area contributed by atoms with Crippen LogP contribution in [0.5, 0.6) is 5.75 Å². The van der Waals surface area contributed by atoms with Crippen LogP contribution in [0.1, 0.15) is 16.7 Å². The number of hydrogen-bond acceptors (Lipinski definition) is 3. The summed E-state index contributed by atoms with van der Waals surface area (Å²) in [4.78, 5) is 12.3. The third-order valence-corrected chi connectivity index (χ3v) is 3.69. The van der Waals surface area contributed by atoms with E-state index in [1.807, 2.05) is 38.1 Å². The minimum Gasteiger partial charge on any atom is -0.490 e. The summed E-state index contributed by atoms with van der Waals surface area (Å²) in [5, 5.41) is 12.0. The first-order valence-electron chi connectivity index (χ1n) is 7.87. The average molecular weight is 332 g/mol. The molecule has 2 aromatic rings. The Kier molecular flexibility index (Phi) is 6.14. The Morgan fingerprint density at radius 2 is 1.92 bits per heavy atom. The summed E-state index contributed by atoms with van der Waals surface area (Å²) in [7, 11) is 0. The van der Waals surface area contributed by atoms with Crippen LogP contribution in [-0.2, 0) is 4.79 Å². The molecule has 0 saturated heterocycles. The molecule has 0 saturated carbocycles. The fourth-order valence-corrected chi connectivity index (χ4v) is 2.15. The Balaban J connectivity index is 2.13. The summed E-state index contributed by atoms with van der Waals surface area (Å²) >= 11 is 0. The summed E-state index contributed by atoms with van der Waals surface area (Å²) in [6.07, 6.45) is 3.21. The highest BCUT2D eigenvalue weighted by molar-refractivity contribution is 6.09. The summed E-state index contributed by atoms with van der Waals surface area (Å²) in [5.41, 5.74) is 3.68. The van der Waals surface area contributed by atoms with E-state index in [1.165, 1.54) is 0 Å². The average Bonchev–Trinajstić information content (AvgIpc) is 2.62. The lowest BCUT2D eigenvalue weighted by atomic mass is 10.1. The molecule has 0 aliphatic rings. The highest BCUT2D eigenvalue weighted by Crippen LogP contribution is 2.17. The van der Waals surface area contributed by atoms with Gasteiger partial charge in [0.25, 0.3) is 5.91 Å². The minimum atomic E-state index is -0.433. The van der Waals surface area contributed by atoms with Crippen molar-refractivity contribution in [1.29, 1.82) is 5.26 Å². The molecule has 126 valence electrons. The van der Waals surface area contributed by atoms with Crippen molar-refractivity contribution in [3.8, 4) is 11.8 Å². The number of carbonyl (C=O) groups is 1. The topological polar surface area (TPSA) is 62.1 Å². The van der Waals surface area contributed by atoms with Crippen molar-refractivity contribution in [3.05, 3.63) is 77.4 Å². The summed E-state index contributed by atoms with van der Waals surface area (Å²) in [6, 6.07) is 14.7. The normalized spacial score (nSPS) is 10.7. The Morgan fingerprint density at radius 1 is 1.20 bits per heavy atom. The van der Waals surface area contributed by atoms with Crippen molar-refractivity contribution < 1.29 is 9.53 Å². The molecule has 0 unspecified atom stereocenters. The van der Waals surface area contributed by atoms with Crippen molar-refractivity contribution >= 4 is 17.7 Å². The van der Waals surface area contributed by atoms with Gasteiger partial charge in [-0.15, -0.1) is 0 Å². The summed E-state index contributed by atoms with van der Waals surface area (Å²) in [5.74, 6) is 0.271. The number of nitriles is 1. The summed E-state index contributed by atoms with van der Waals surface area (Å²) in [6.45, 7) is 8.00. The smallest absolute Gasteiger partial charge is 0.266 e. The molecule has 4 heteroatoms. The molecule has 0 spiro atoms. The van der Waals surface area contributed by atoms with E-state index in [0.717, 1.165) is 16.7 Å². The first kappa shape index (κ1) is 18.0. The highest BCUT2D eigenvalue weighted by atomic mass is 16.5. The quantitative estimate of drug-likeness (QED) is 0.484. The maximum Gasteiger partial charge on any atom is 0.266 e. The number of ether oxygens (including phenoxy) is 1. The van der Waals surface area contributed by atoms with Gasteiger partial charge in [-0.05, 0) is 60.9 Å². The standard InChI is InChI=1S/C21H20N2O2/c1-4-11-25-20-9-6-17(7-10-20)13-18(14-22)21(24)23-19-8-5-15(2)16(3)12-19/h4-10,12-13H,1,11H2,2-3H3,(H,23,24)/b18-13+. The molecule has 25 heavy (non-hydrogen) atoms. The second kappa shape index (κ2) is 8.51. The molecular formula is C21H20N2O2.